The summed E-state index contributed by atoms with van der Waals surface area (Å²) in [5, 5.41) is 0. The van der Waals surface area contributed by atoms with Crippen molar-refractivity contribution in [3.05, 3.63) is 29.8 Å². The van der Waals surface area contributed by atoms with Gasteiger partial charge in [0, 0.05) is 25.3 Å². The average Bonchev–Trinajstić information content (AvgIpc) is 2.36. The molecule has 0 saturated carbocycles. The molecule has 5 heteroatoms. The molecule has 0 radical (unpaired) electrons. The minimum Gasteiger partial charge on any atom is -0.310 e. The lowest BCUT2D eigenvalue weighted by Gasteiger charge is -2.32. The summed E-state index contributed by atoms with van der Waals surface area (Å²) in [5.74, 6) is 0.153. The van der Waals surface area contributed by atoms with Crippen molar-refractivity contribution in [1.82, 2.24) is 10.4 Å². The van der Waals surface area contributed by atoms with Gasteiger partial charge in [0.2, 0.25) is 5.91 Å². The van der Waals surface area contributed by atoms with Crippen LogP contribution in [0.4, 0.5) is 5.69 Å². The molecule has 1 aromatic carbocycles. The molecule has 2 rings (SSSR count). The van der Waals surface area contributed by atoms with E-state index in [4.69, 9.17) is 4.84 Å². The lowest BCUT2D eigenvalue weighted by Crippen LogP contribution is -2.48. The van der Waals surface area contributed by atoms with E-state index in [1.807, 2.05) is 41.1 Å². The molecule has 1 aliphatic rings. The quantitative estimate of drug-likeness (QED) is 0.794. The van der Waals surface area contributed by atoms with Crippen LogP contribution in [-0.4, -0.2) is 44.6 Å². The van der Waals surface area contributed by atoms with Crippen molar-refractivity contribution in [2.24, 2.45) is 0 Å². The number of piperazine rings is 1. The summed E-state index contributed by atoms with van der Waals surface area (Å²) in [4.78, 5) is 20.7. The third-order valence-corrected chi connectivity index (χ3v) is 3.05. The summed E-state index contributed by atoms with van der Waals surface area (Å²) in [6.07, 6.45) is 0. The van der Waals surface area contributed by atoms with Crippen molar-refractivity contribution in [2.45, 2.75) is 6.54 Å². The first-order chi connectivity index (χ1) is 8.70. The van der Waals surface area contributed by atoms with Gasteiger partial charge in [0.25, 0.3) is 0 Å². The highest BCUT2D eigenvalue weighted by molar-refractivity contribution is 5.95. The second kappa shape index (κ2) is 5.95. The lowest BCUT2D eigenvalue weighted by molar-refractivity contribution is -0.120. The van der Waals surface area contributed by atoms with E-state index in [-0.39, 0.29) is 5.91 Å². The summed E-state index contributed by atoms with van der Waals surface area (Å²) >= 11 is 0. The first-order valence-electron chi connectivity index (χ1n) is 6.04. The van der Waals surface area contributed by atoms with Gasteiger partial charge >= 0.3 is 0 Å². The van der Waals surface area contributed by atoms with Gasteiger partial charge in [0.1, 0.15) is 0 Å². The summed E-state index contributed by atoms with van der Waals surface area (Å²) in [7, 11) is 3.56. The van der Waals surface area contributed by atoms with E-state index in [2.05, 4.69) is 5.48 Å². The zero-order valence-electron chi connectivity index (χ0n) is 10.8. The largest absolute Gasteiger partial charge is 0.310 e. The van der Waals surface area contributed by atoms with Crippen molar-refractivity contribution in [3.63, 3.8) is 0 Å². The van der Waals surface area contributed by atoms with Crippen molar-refractivity contribution in [3.8, 4) is 0 Å². The normalized spacial score (nSPS) is 17.2. The first-order valence-corrected chi connectivity index (χ1v) is 6.04. The molecule has 0 atom stereocenters. The number of nitrogens with one attached hydrogen (secondary N) is 1. The predicted octanol–water partition coefficient (Wildman–Crippen LogP) is 0.616. The Morgan fingerprint density at radius 1 is 1.39 bits per heavy atom. The number of carbonyl (C=O) groups is 1. The number of carbonyl (C=O) groups excluding carboxylic acids is 1. The zero-order valence-corrected chi connectivity index (χ0v) is 10.8. The van der Waals surface area contributed by atoms with Crippen LogP contribution in [0, 0.1) is 0 Å². The van der Waals surface area contributed by atoms with Crippen molar-refractivity contribution in [1.29, 1.82) is 0 Å². The molecule has 98 valence electrons. The Bertz CT molecular complexity index is 422. The molecule has 1 N–H and O–H groups in total. The van der Waals surface area contributed by atoms with Crippen LogP contribution in [-0.2, 0) is 16.2 Å². The topological polar surface area (TPSA) is 44.8 Å². The second-order valence-electron chi connectivity index (χ2n) is 4.48. The molecule has 1 aliphatic heterocycles. The Balaban J connectivity index is 2.10. The smallest absolute Gasteiger partial charge is 0.241 e. The van der Waals surface area contributed by atoms with Gasteiger partial charge < -0.3 is 9.74 Å². The lowest BCUT2D eigenvalue weighted by atomic mass is 10.1. The monoisotopic (exact) mass is 249 g/mol. The number of anilines is 1. The summed E-state index contributed by atoms with van der Waals surface area (Å²) in [6, 6.07) is 7.97. The van der Waals surface area contributed by atoms with Crippen LogP contribution >= 0.6 is 0 Å². The highest BCUT2D eigenvalue weighted by Crippen LogP contribution is 2.18. The van der Waals surface area contributed by atoms with Crippen molar-refractivity contribution < 1.29 is 9.63 Å². The summed E-state index contributed by atoms with van der Waals surface area (Å²) in [6.45, 7) is 2.77. The number of hydroxylamine groups is 1. The zero-order chi connectivity index (χ0) is 13.0. The van der Waals surface area contributed by atoms with Gasteiger partial charge in [0.05, 0.1) is 13.7 Å². The van der Waals surface area contributed by atoms with Crippen LogP contribution in [0.2, 0.25) is 0 Å². The van der Waals surface area contributed by atoms with E-state index in [9.17, 15) is 4.79 Å². The standard InChI is InChI=1S/C13H19N3O2/c1-15-6-7-16(13(17)10-15)12-5-3-4-11(8-12)9-14-18-2/h3-5,8,14H,6-7,9-10H2,1-2H3. The maximum Gasteiger partial charge on any atom is 0.241 e. The minimum atomic E-state index is 0.153. The second-order valence-corrected chi connectivity index (χ2v) is 4.48. The van der Waals surface area contributed by atoms with Gasteiger partial charge in [0.15, 0.2) is 0 Å². The molecule has 1 amide bonds. The van der Waals surface area contributed by atoms with Crippen LogP contribution in [0.1, 0.15) is 5.56 Å². The molecule has 18 heavy (non-hydrogen) atoms. The third-order valence-electron chi connectivity index (χ3n) is 3.05. The molecular weight excluding hydrogens is 230 g/mol. The molecule has 1 fully saturated rings. The number of nitrogens with zero attached hydrogens (tertiary/aromatic N) is 2. The molecule has 1 heterocycles. The van der Waals surface area contributed by atoms with Crippen LogP contribution < -0.4 is 10.4 Å². The maximum atomic E-state index is 12.0. The van der Waals surface area contributed by atoms with Gasteiger partial charge in [-0.2, -0.15) is 5.48 Å². The van der Waals surface area contributed by atoms with E-state index in [0.717, 1.165) is 24.3 Å². The number of likely N-dealkylation sites (N-methyl/N-ethyl adjacent to an activating group) is 1. The Hall–Kier alpha value is -1.43. The molecule has 0 aromatic heterocycles. The molecule has 5 nitrogen and oxygen atoms in total. The fourth-order valence-corrected chi connectivity index (χ4v) is 2.05. The Morgan fingerprint density at radius 2 is 2.22 bits per heavy atom. The fourth-order valence-electron chi connectivity index (χ4n) is 2.05. The van der Waals surface area contributed by atoms with Gasteiger partial charge in [-0.05, 0) is 24.7 Å². The summed E-state index contributed by atoms with van der Waals surface area (Å²) in [5.41, 5.74) is 4.86. The number of benzene rings is 1. The highest BCUT2D eigenvalue weighted by Gasteiger charge is 2.22. The molecule has 0 bridgehead atoms. The van der Waals surface area contributed by atoms with Crippen LogP contribution in [0.5, 0.6) is 0 Å². The SMILES string of the molecule is CONCc1cccc(N2CCN(C)CC2=O)c1. The molecule has 0 spiro atoms. The maximum absolute atomic E-state index is 12.0. The summed E-state index contributed by atoms with van der Waals surface area (Å²) < 4.78 is 0. The van der Waals surface area contributed by atoms with Crippen LogP contribution in [0.15, 0.2) is 24.3 Å². The highest BCUT2D eigenvalue weighted by atomic mass is 16.6. The van der Waals surface area contributed by atoms with Gasteiger partial charge in [-0.25, -0.2) is 0 Å². The Morgan fingerprint density at radius 3 is 2.94 bits per heavy atom. The minimum absolute atomic E-state index is 0.153. The number of hydrogen-bond donors (Lipinski definition) is 1. The molecular formula is C13H19N3O2. The number of rotatable bonds is 4. The third kappa shape index (κ3) is 3.07. The van der Waals surface area contributed by atoms with Gasteiger partial charge in [-0.1, -0.05) is 12.1 Å². The van der Waals surface area contributed by atoms with E-state index in [1.54, 1.807) is 7.11 Å². The van der Waals surface area contributed by atoms with Crippen molar-refractivity contribution >= 4 is 11.6 Å². The van der Waals surface area contributed by atoms with E-state index >= 15 is 0 Å². The Labute approximate surface area is 107 Å². The van der Waals surface area contributed by atoms with Gasteiger partial charge in [-0.3, -0.25) is 9.69 Å². The average molecular weight is 249 g/mol. The molecule has 1 aromatic rings. The molecule has 1 saturated heterocycles. The van der Waals surface area contributed by atoms with E-state index in [1.165, 1.54) is 0 Å². The molecule has 0 aliphatic carbocycles. The number of hydrogen-bond acceptors (Lipinski definition) is 4. The van der Waals surface area contributed by atoms with Gasteiger partial charge in [-0.15, -0.1) is 0 Å². The van der Waals surface area contributed by atoms with Crippen LogP contribution in [0.3, 0.4) is 0 Å². The van der Waals surface area contributed by atoms with E-state index in [0.29, 0.717) is 13.1 Å². The van der Waals surface area contributed by atoms with Crippen molar-refractivity contribution in [2.75, 3.05) is 38.7 Å². The first kappa shape index (κ1) is 13.0. The van der Waals surface area contributed by atoms with Crippen LogP contribution in [0.25, 0.3) is 0 Å². The van der Waals surface area contributed by atoms with E-state index < -0.39 is 0 Å². The predicted molar refractivity (Wildman–Crippen MR) is 70.1 cm³/mol. The fraction of sp³-hybridized carbons (Fsp3) is 0.462. The Kier molecular flexibility index (Phi) is 4.30. The molecule has 0 unspecified atom stereocenters. The number of amides is 1.